The molecule has 0 saturated heterocycles. The molecule has 106 valence electrons. The summed E-state index contributed by atoms with van der Waals surface area (Å²) >= 11 is -1.31. The molecule has 0 amide bonds. The van der Waals surface area contributed by atoms with Crippen LogP contribution in [0.2, 0.25) is 0 Å². The van der Waals surface area contributed by atoms with Gasteiger partial charge in [-0.25, -0.2) is 4.79 Å². The topological polar surface area (TPSA) is 49.4 Å². The Hall–Kier alpha value is -2.00. The van der Waals surface area contributed by atoms with Gasteiger partial charge in [-0.05, 0) is 43.7 Å². The average molecular weight is 298 g/mol. The van der Waals surface area contributed by atoms with Crippen molar-refractivity contribution < 1.29 is 14.1 Å². The van der Waals surface area contributed by atoms with E-state index in [1.54, 1.807) is 6.07 Å². The molecule has 0 radical (unpaired) electrons. The van der Waals surface area contributed by atoms with Crippen molar-refractivity contribution in [2.24, 2.45) is 0 Å². The molecule has 1 heterocycles. The Balaban J connectivity index is 2.31. The van der Waals surface area contributed by atoms with Gasteiger partial charge in [0.15, 0.2) is 9.79 Å². The van der Waals surface area contributed by atoms with E-state index in [4.69, 9.17) is 4.74 Å². The Labute approximate surface area is 125 Å². The summed E-state index contributed by atoms with van der Waals surface area (Å²) < 4.78 is 18.2. The van der Waals surface area contributed by atoms with Gasteiger partial charge in [-0.15, -0.1) is 0 Å². The smallest absolute Gasteiger partial charge is 0.169 e. The lowest BCUT2D eigenvalue weighted by Crippen LogP contribution is -2.36. The van der Waals surface area contributed by atoms with Gasteiger partial charge >= 0.3 is 0 Å². The normalized spacial score (nSPS) is 15.5. The Bertz CT molecular complexity index is 851. The first-order chi connectivity index (χ1) is 10.2. The average Bonchev–Trinajstić information content (AvgIpc) is 2.48. The lowest BCUT2D eigenvalue weighted by Gasteiger charge is -2.18. The highest BCUT2D eigenvalue weighted by molar-refractivity contribution is 7.91. The van der Waals surface area contributed by atoms with E-state index in [9.17, 15) is 9.35 Å². The van der Waals surface area contributed by atoms with Gasteiger partial charge in [0, 0.05) is 28.0 Å². The fourth-order valence-corrected chi connectivity index (χ4v) is 3.83. The second kappa shape index (κ2) is 5.41. The summed E-state index contributed by atoms with van der Waals surface area (Å²) in [6.45, 7) is 4.33. The standard InChI is InChI=1S/C17H14O3S/c1-3-20-13-6-5-12-8-14-15(10-18)11(2)4-7-16(14)21(19)17(12)9-13/h4-9H,3H2,1-2H3. The molecule has 3 rings (SSSR count). The molecule has 21 heavy (non-hydrogen) atoms. The molecule has 4 heteroatoms. The SMILES string of the molecule is CCOc1ccc2c(c1)[S+]([O-])c1ccc(C)c(=C=O)c1=C2. The van der Waals surface area contributed by atoms with Gasteiger partial charge in [0.2, 0.25) is 0 Å². The van der Waals surface area contributed by atoms with E-state index < -0.39 is 11.2 Å². The first-order valence-electron chi connectivity index (χ1n) is 6.71. The van der Waals surface area contributed by atoms with Crippen LogP contribution in [0.25, 0.3) is 6.08 Å². The van der Waals surface area contributed by atoms with Crippen molar-refractivity contribution in [2.45, 2.75) is 23.6 Å². The molecule has 1 aliphatic rings. The van der Waals surface area contributed by atoms with Crippen molar-refractivity contribution in [3.63, 3.8) is 0 Å². The van der Waals surface area contributed by atoms with E-state index in [0.717, 1.165) is 11.1 Å². The van der Waals surface area contributed by atoms with Gasteiger partial charge in [-0.2, -0.15) is 0 Å². The molecule has 0 fully saturated rings. The van der Waals surface area contributed by atoms with Crippen LogP contribution in [0.15, 0.2) is 40.1 Å². The highest BCUT2D eigenvalue weighted by Crippen LogP contribution is 2.29. The van der Waals surface area contributed by atoms with Crippen molar-refractivity contribution in [3.05, 3.63) is 51.9 Å². The third kappa shape index (κ3) is 2.28. The number of fused-ring (bicyclic) bond motifs is 2. The quantitative estimate of drug-likeness (QED) is 0.783. The van der Waals surface area contributed by atoms with Crippen LogP contribution in [-0.2, 0) is 16.0 Å². The number of benzene rings is 2. The fraction of sp³-hybridized carbons (Fsp3) is 0.176. The number of hydrogen-bond acceptors (Lipinski definition) is 3. The van der Waals surface area contributed by atoms with Crippen LogP contribution in [0.4, 0.5) is 0 Å². The molecule has 2 aromatic carbocycles. The van der Waals surface area contributed by atoms with Crippen LogP contribution >= 0.6 is 0 Å². The van der Waals surface area contributed by atoms with E-state index in [-0.39, 0.29) is 0 Å². The zero-order valence-corrected chi connectivity index (χ0v) is 12.6. The van der Waals surface area contributed by atoms with Crippen molar-refractivity contribution >= 4 is 23.2 Å². The molecule has 2 aromatic rings. The lowest BCUT2D eigenvalue weighted by molar-refractivity contribution is 0.339. The third-order valence-corrected chi connectivity index (χ3v) is 5.02. The van der Waals surface area contributed by atoms with Crippen LogP contribution in [-0.4, -0.2) is 17.1 Å². The van der Waals surface area contributed by atoms with Crippen LogP contribution < -0.4 is 15.2 Å². The summed E-state index contributed by atoms with van der Waals surface area (Å²) in [7, 11) is 0. The van der Waals surface area contributed by atoms with Gasteiger partial charge < -0.3 is 9.29 Å². The summed E-state index contributed by atoms with van der Waals surface area (Å²) in [5.74, 6) is 2.67. The molecule has 1 unspecified atom stereocenters. The maximum Gasteiger partial charge on any atom is 0.169 e. The van der Waals surface area contributed by atoms with E-state index in [0.29, 0.717) is 32.6 Å². The second-order valence-electron chi connectivity index (χ2n) is 4.82. The summed E-state index contributed by atoms with van der Waals surface area (Å²) in [5.41, 5.74) is 1.69. The molecular formula is C17H14O3S. The predicted molar refractivity (Wildman–Crippen MR) is 81.1 cm³/mol. The number of hydrogen-bond donors (Lipinski definition) is 0. The van der Waals surface area contributed by atoms with E-state index in [1.165, 1.54) is 0 Å². The third-order valence-electron chi connectivity index (χ3n) is 3.51. The summed E-state index contributed by atoms with van der Waals surface area (Å²) in [6, 6.07) is 9.15. The van der Waals surface area contributed by atoms with Gasteiger partial charge in [0.1, 0.15) is 11.7 Å². The lowest BCUT2D eigenvalue weighted by atomic mass is 10.1. The van der Waals surface area contributed by atoms with Gasteiger partial charge in [0.05, 0.1) is 11.8 Å². The minimum absolute atomic E-state index is 0.486. The van der Waals surface area contributed by atoms with E-state index >= 15 is 0 Å². The minimum atomic E-state index is -1.31. The Morgan fingerprint density at radius 3 is 2.76 bits per heavy atom. The van der Waals surface area contributed by atoms with Crippen LogP contribution in [0, 0.1) is 6.92 Å². The van der Waals surface area contributed by atoms with Crippen molar-refractivity contribution in [1.82, 2.24) is 0 Å². The number of carbonyl (C=O) groups excluding carboxylic acids is 1. The van der Waals surface area contributed by atoms with E-state index in [1.807, 2.05) is 50.1 Å². The monoisotopic (exact) mass is 298 g/mol. The highest BCUT2D eigenvalue weighted by Gasteiger charge is 2.25. The maximum atomic E-state index is 12.7. The predicted octanol–water partition coefficient (Wildman–Crippen LogP) is 1.21. The minimum Gasteiger partial charge on any atom is -0.606 e. The van der Waals surface area contributed by atoms with Crippen LogP contribution in [0.5, 0.6) is 5.75 Å². The Morgan fingerprint density at radius 2 is 2.05 bits per heavy atom. The first-order valence-corrected chi connectivity index (χ1v) is 7.85. The molecule has 1 aliphatic heterocycles. The summed E-state index contributed by atoms with van der Waals surface area (Å²) in [4.78, 5) is 12.6. The molecular weight excluding hydrogens is 284 g/mol. The zero-order chi connectivity index (χ0) is 15.0. The van der Waals surface area contributed by atoms with Gasteiger partial charge in [0.25, 0.3) is 0 Å². The van der Waals surface area contributed by atoms with Crippen LogP contribution in [0.1, 0.15) is 18.1 Å². The fourth-order valence-electron chi connectivity index (χ4n) is 2.47. The molecule has 0 aromatic heterocycles. The zero-order valence-electron chi connectivity index (χ0n) is 11.8. The summed E-state index contributed by atoms with van der Waals surface area (Å²) in [5, 5.41) is 1.19. The van der Waals surface area contributed by atoms with Crippen molar-refractivity contribution in [3.8, 4) is 5.75 Å². The number of aryl methyl sites for hydroxylation is 1. The van der Waals surface area contributed by atoms with Gasteiger partial charge in [-0.1, -0.05) is 6.07 Å². The summed E-state index contributed by atoms with van der Waals surface area (Å²) in [6.07, 6.45) is 1.90. The first kappa shape index (κ1) is 14.0. The van der Waals surface area contributed by atoms with E-state index in [2.05, 4.69) is 0 Å². The number of ether oxygens (including phenoxy) is 1. The van der Waals surface area contributed by atoms with Crippen molar-refractivity contribution in [1.29, 1.82) is 0 Å². The molecule has 3 nitrogen and oxygen atoms in total. The Morgan fingerprint density at radius 1 is 1.24 bits per heavy atom. The molecule has 1 atom stereocenters. The van der Waals surface area contributed by atoms with Crippen molar-refractivity contribution in [2.75, 3.05) is 6.61 Å². The molecule has 0 spiro atoms. The molecule has 0 bridgehead atoms. The highest BCUT2D eigenvalue weighted by atomic mass is 32.2. The van der Waals surface area contributed by atoms with Gasteiger partial charge in [-0.3, -0.25) is 0 Å². The Kier molecular flexibility index (Phi) is 3.60. The maximum absolute atomic E-state index is 12.7. The molecule has 0 aliphatic carbocycles. The van der Waals surface area contributed by atoms with Crippen LogP contribution in [0.3, 0.4) is 0 Å². The molecule has 0 saturated carbocycles. The molecule has 0 N–H and O–H groups in total. The second-order valence-corrected chi connectivity index (χ2v) is 6.23. The largest absolute Gasteiger partial charge is 0.606 e. The number of rotatable bonds is 2.